The number of benzene rings is 1. The molecule has 2 aromatic heterocycles. The van der Waals surface area contributed by atoms with Gasteiger partial charge in [0.05, 0.1) is 11.7 Å². The lowest BCUT2D eigenvalue weighted by Gasteiger charge is -2.35. The van der Waals surface area contributed by atoms with E-state index in [-0.39, 0.29) is 12.0 Å². The zero-order valence-electron chi connectivity index (χ0n) is 16.7. The highest BCUT2D eigenvalue weighted by molar-refractivity contribution is 5.80. The smallest absolute Gasteiger partial charge is 0.222 e. The van der Waals surface area contributed by atoms with E-state index in [2.05, 4.69) is 50.3 Å². The molecule has 0 unspecified atom stereocenters. The van der Waals surface area contributed by atoms with Crippen LogP contribution in [-0.2, 0) is 0 Å². The van der Waals surface area contributed by atoms with Gasteiger partial charge in [-0.15, -0.1) is 0 Å². The van der Waals surface area contributed by atoms with E-state index in [1.165, 1.54) is 0 Å². The normalized spacial score (nSPS) is 15.9. The summed E-state index contributed by atoms with van der Waals surface area (Å²) in [7, 11) is 0. The highest BCUT2D eigenvalue weighted by Gasteiger charge is 2.27. The molecule has 0 radical (unpaired) electrons. The minimum absolute atomic E-state index is 0.143. The summed E-state index contributed by atoms with van der Waals surface area (Å²) in [6.45, 7) is 6.06. The summed E-state index contributed by atoms with van der Waals surface area (Å²) in [6, 6.07) is 12.5. The predicted molar refractivity (Wildman–Crippen MR) is 117 cm³/mol. The monoisotopic (exact) mass is 389 g/mol. The topological polar surface area (TPSA) is 106 Å². The Morgan fingerprint density at radius 3 is 2.45 bits per heavy atom. The van der Waals surface area contributed by atoms with E-state index in [0.717, 1.165) is 60.5 Å². The van der Waals surface area contributed by atoms with Crippen molar-refractivity contribution in [3.05, 3.63) is 54.5 Å². The number of nitrogens with two attached hydrogens (primary N) is 2. The van der Waals surface area contributed by atoms with Crippen LogP contribution in [0, 0.1) is 0 Å². The van der Waals surface area contributed by atoms with E-state index in [4.69, 9.17) is 11.5 Å². The number of nitrogens with one attached hydrogen (secondary N) is 1. The number of nitrogens with zero attached hydrogens (tertiary/aromatic N) is 4. The van der Waals surface area contributed by atoms with Crippen molar-refractivity contribution in [3.63, 3.8) is 0 Å². The van der Waals surface area contributed by atoms with Crippen LogP contribution in [0.2, 0.25) is 0 Å². The maximum atomic E-state index is 6.39. The van der Waals surface area contributed by atoms with Gasteiger partial charge in [-0.05, 0) is 41.3 Å². The summed E-state index contributed by atoms with van der Waals surface area (Å²) in [5, 5.41) is 3.41. The van der Waals surface area contributed by atoms with Crippen molar-refractivity contribution >= 4 is 11.8 Å². The second kappa shape index (κ2) is 8.55. The van der Waals surface area contributed by atoms with Crippen molar-refractivity contribution in [2.75, 3.05) is 37.6 Å². The van der Waals surface area contributed by atoms with Crippen molar-refractivity contribution < 1.29 is 0 Å². The molecule has 0 bridgehead atoms. The largest absolute Gasteiger partial charge is 0.383 e. The fraction of sp³-hybridized carbons (Fsp3) is 0.318. The maximum Gasteiger partial charge on any atom is 0.222 e. The minimum Gasteiger partial charge on any atom is -0.383 e. The van der Waals surface area contributed by atoms with E-state index in [1.54, 1.807) is 12.4 Å². The standard InChI is InChI=1S/C22H27N7/c1-2-18(29-12-10-26-11-13-29)20-19(21(23)28-22(24)27-20)17-5-3-4-16(14-17)15-6-8-25-9-7-15/h3-9,14,18,26H,2,10-13H2,1H3,(H4,23,24,27,28)/t18-/m0/s1. The number of rotatable bonds is 5. The first-order chi connectivity index (χ1) is 14.2. The Labute approximate surface area is 171 Å². The highest BCUT2D eigenvalue weighted by Crippen LogP contribution is 2.37. The molecule has 7 heteroatoms. The lowest BCUT2D eigenvalue weighted by Crippen LogP contribution is -2.45. The second-order valence-electron chi connectivity index (χ2n) is 7.25. The van der Waals surface area contributed by atoms with Crippen LogP contribution in [0.3, 0.4) is 0 Å². The maximum absolute atomic E-state index is 6.39. The number of hydrogen-bond donors (Lipinski definition) is 3. The van der Waals surface area contributed by atoms with Gasteiger partial charge in [-0.3, -0.25) is 9.88 Å². The van der Waals surface area contributed by atoms with Gasteiger partial charge in [0.2, 0.25) is 5.95 Å². The van der Waals surface area contributed by atoms with Crippen LogP contribution in [0.25, 0.3) is 22.3 Å². The van der Waals surface area contributed by atoms with E-state index in [0.29, 0.717) is 5.82 Å². The first kappa shape index (κ1) is 19.3. The molecule has 0 aliphatic carbocycles. The van der Waals surface area contributed by atoms with Gasteiger partial charge in [-0.1, -0.05) is 25.1 Å². The first-order valence-corrected chi connectivity index (χ1v) is 10.1. The zero-order valence-corrected chi connectivity index (χ0v) is 16.7. The van der Waals surface area contributed by atoms with Crippen LogP contribution in [0.15, 0.2) is 48.8 Å². The SMILES string of the molecule is CC[C@@H](c1nc(N)nc(N)c1-c1cccc(-c2ccncc2)c1)N1CCNCC1. The summed E-state index contributed by atoms with van der Waals surface area (Å²) in [6.07, 6.45) is 4.52. The van der Waals surface area contributed by atoms with Gasteiger partial charge in [-0.25, -0.2) is 4.98 Å². The quantitative estimate of drug-likeness (QED) is 0.616. The number of piperazine rings is 1. The summed E-state index contributed by atoms with van der Waals surface area (Å²) in [4.78, 5) is 15.5. The van der Waals surface area contributed by atoms with Gasteiger partial charge in [0.1, 0.15) is 5.82 Å². The number of aromatic nitrogens is 3. The molecule has 3 aromatic rings. The van der Waals surface area contributed by atoms with E-state index in [1.807, 2.05) is 18.2 Å². The average Bonchev–Trinajstić information content (AvgIpc) is 2.75. The van der Waals surface area contributed by atoms with Gasteiger partial charge in [0.25, 0.3) is 0 Å². The lowest BCUT2D eigenvalue weighted by atomic mass is 9.95. The molecule has 4 rings (SSSR count). The third kappa shape index (κ3) is 4.06. The molecule has 29 heavy (non-hydrogen) atoms. The van der Waals surface area contributed by atoms with Gasteiger partial charge in [0, 0.05) is 44.1 Å². The predicted octanol–water partition coefficient (Wildman–Crippen LogP) is 2.73. The van der Waals surface area contributed by atoms with E-state index in [9.17, 15) is 0 Å². The number of nitrogen functional groups attached to an aromatic ring is 2. The molecule has 0 amide bonds. The van der Waals surface area contributed by atoms with Crippen LogP contribution in [0.4, 0.5) is 11.8 Å². The van der Waals surface area contributed by atoms with Crippen LogP contribution in [0.1, 0.15) is 25.1 Å². The first-order valence-electron chi connectivity index (χ1n) is 10.1. The molecular formula is C22H27N7. The summed E-state index contributed by atoms with van der Waals surface area (Å²) in [5.41, 5.74) is 17.4. The Kier molecular flexibility index (Phi) is 5.69. The Bertz CT molecular complexity index is 968. The lowest BCUT2D eigenvalue weighted by molar-refractivity contribution is 0.167. The minimum atomic E-state index is 0.143. The van der Waals surface area contributed by atoms with E-state index < -0.39 is 0 Å². The molecule has 150 valence electrons. The molecule has 1 aromatic carbocycles. The van der Waals surface area contributed by atoms with Crippen molar-refractivity contribution in [2.24, 2.45) is 0 Å². The van der Waals surface area contributed by atoms with Gasteiger partial charge in [0.15, 0.2) is 0 Å². The van der Waals surface area contributed by atoms with E-state index >= 15 is 0 Å². The molecule has 3 heterocycles. The Balaban J connectivity index is 1.82. The van der Waals surface area contributed by atoms with Crippen molar-refractivity contribution in [2.45, 2.75) is 19.4 Å². The zero-order chi connectivity index (χ0) is 20.2. The fourth-order valence-electron chi connectivity index (χ4n) is 4.07. The van der Waals surface area contributed by atoms with Gasteiger partial charge in [-0.2, -0.15) is 4.98 Å². The molecule has 1 atom stereocenters. The molecule has 0 spiro atoms. The third-order valence-corrected chi connectivity index (χ3v) is 5.44. The van der Waals surface area contributed by atoms with Crippen LogP contribution in [0.5, 0.6) is 0 Å². The fourth-order valence-corrected chi connectivity index (χ4v) is 4.07. The van der Waals surface area contributed by atoms with Crippen molar-refractivity contribution in [1.29, 1.82) is 0 Å². The molecular weight excluding hydrogens is 362 g/mol. The highest BCUT2D eigenvalue weighted by atomic mass is 15.2. The molecule has 7 nitrogen and oxygen atoms in total. The van der Waals surface area contributed by atoms with Gasteiger partial charge >= 0.3 is 0 Å². The molecule has 5 N–H and O–H groups in total. The number of hydrogen-bond acceptors (Lipinski definition) is 7. The van der Waals surface area contributed by atoms with Crippen LogP contribution in [-0.4, -0.2) is 46.0 Å². The summed E-state index contributed by atoms with van der Waals surface area (Å²) >= 11 is 0. The number of anilines is 2. The second-order valence-corrected chi connectivity index (χ2v) is 7.25. The Morgan fingerprint density at radius 2 is 1.72 bits per heavy atom. The average molecular weight is 390 g/mol. The third-order valence-electron chi connectivity index (χ3n) is 5.44. The molecule has 1 aliphatic heterocycles. The Hall–Kier alpha value is -3.03. The molecule has 0 saturated carbocycles. The molecule has 1 aliphatic rings. The Morgan fingerprint density at radius 1 is 1.00 bits per heavy atom. The summed E-state index contributed by atoms with van der Waals surface area (Å²) < 4.78 is 0. The van der Waals surface area contributed by atoms with Crippen LogP contribution < -0.4 is 16.8 Å². The van der Waals surface area contributed by atoms with Gasteiger partial charge < -0.3 is 16.8 Å². The molecule has 1 fully saturated rings. The summed E-state index contributed by atoms with van der Waals surface area (Å²) in [5.74, 6) is 0.646. The molecule has 1 saturated heterocycles. The van der Waals surface area contributed by atoms with Crippen molar-refractivity contribution in [3.8, 4) is 22.3 Å². The number of pyridine rings is 1. The van der Waals surface area contributed by atoms with Crippen molar-refractivity contribution in [1.82, 2.24) is 25.2 Å². The van der Waals surface area contributed by atoms with Crippen LogP contribution >= 0.6 is 0 Å².